The zero-order valence-corrected chi connectivity index (χ0v) is 17.3. The Balaban J connectivity index is 1.73. The van der Waals surface area contributed by atoms with Crippen molar-refractivity contribution in [3.05, 3.63) is 70.8 Å². The molecule has 0 spiro atoms. The number of aryl methyl sites for hydroxylation is 2. The molecule has 1 atom stereocenters. The van der Waals surface area contributed by atoms with Gasteiger partial charge in [0, 0.05) is 7.05 Å². The lowest BCUT2D eigenvalue weighted by molar-refractivity contribution is 0.408. The van der Waals surface area contributed by atoms with Crippen molar-refractivity contribution in [3.8, 4) is 5.69 Å². The van der Waals surface area contributed by atoms with Gasteiger partial charge in [-0.05, 0) is 67.9 Å². The molecule has 0 saturated heterocycles. The number of hydrogen-bond donors (Lipinski definition) is 1. The first-order valence-electron chi connectivity index (χ1n) is 8.62. The van der Waals surface area contributed by atoms with Crippen molar-refractivity contribution in [2.75, 3.05) is 12.4 Å². The molecular weight excluding hydrogens is 378 g/mol. The monoisotopic (exact) mass is 399 g/mol. The Morgan fingerprint density at radius 3 is 2.52 bits per heavy atom. The molecule has 0 fully saturated rings. The van der Waals surface area contributed by atoms with Gasteiger partial charge in [0.25, 0.3) is 0 Å². The van der Waals surface area contributed by atoms with E-state index in [2.05, 4.69) is 40.5 Å². The molecule has 0 aliphatic heterocycles. The summed E-state index contributed by atoms with van der Waals surface area (Å²) in [4.78, 5) is 6.00. The number of rotatable bonds is 4. The molecule has 1 heterocycles. The molecule has 0 saturated carbocycles. The predicted molar refractivity (Wildman–Crippen MR) is 115 cm³/mol. The molecular formula is C20H22ClN5S. The van der Waals surface area contributed by atoms with Crippen LogP contribution < -0.4 is 5.32 Å². The van der Waals surface area contributed by atoms with Crippen LogP contribution in [-0.2, 0) is 0 Å². The lowest BCUT2D eigenvalue weighted by Crippen LogP contribution is -2.33. The molecule has 5 nitrogen and oxygen atoms in total. The lowest BCUT2D eigenvalue weighted by Gasteiger charge is -2.29. The molecule has 1 N–H and O–H groups in total. The molecule has 7 heteroatoms. The average molecular weight is 400 g/mol. The van der Waals surface area contributed by atoms with Crippen LogP contribution in [0.25, 0.3) is 5.69 Å². The van der Waals surface area contributed by atoms with E-state index in [0.717, 1.165) is 28.1 Å². The van der Waals surface area contributed by atoms with Crippen LogP contribution in [0.3, 0.4) is 0 Å². The Kier molecular flexibility index (Phi) is 5.77. The van der Waals surface area contributed by atoms with Crippen molar-refractivity contribution >= 4 is 34.6 Å². The van der Waals surface area contributed by atoms with Crippen LogP contribution in [0.2, 0.25) is 5.02 Å². The van der Waals surface area contributed by atoms with Crippen molar-refractivity contribution in [2.45, 2.75) is 26.8 Å². The highest BCUT2D eigenvalue weighted by Gasteiger charge is 2.16. The van der Waals surface area contributed by atoms with Gasteiger partial charge in [0.1, 0.15) is 12.7 Å². The maximum Gasteiger partial charge on any atom is 0.173 e. The Hall–Kier alpha value is -2.44. The largest absolute Gasteiger partial charge is 0.345 e. The minimum atomic E-state index is 0.0966. The van der Waals surface area contributed by atoms with Crippen molar-refractivity contribution in [2.24, 2.45) is 0 Å². The van der Waals surface area contributed by atoms with Gasteiger partial charge in [0.05, 0.1) is 22.4 Å². The molecule has 0 amide bonds. The number of anilines is 1. The standard InChI is InChI=1S/C20H22ClN5S/c1-13-9-14(2)19(18(21)10-13)24-20(27)25(4)15(3)16-5-7-17(8-6-16)26-12-22-11-23-26/h5-12,15H,1-4H3,(H,24,27)/t15-/m1/s1. The van der Waals surface area contributed by atoms with Gasteiger partial charge in [0.15, 0.2) is 5.11 Å². The van der Waals surface area contributed by atoms with Crippen molar-refractivity contribution < 1.29 is 0 Å². The first-order valence-corrected chi connectivity index (χ1v) is 9.41. The normalized spacial score (nSPS) is 11.9. The molecule has 0 aliphatic carbocycles. The molecule has 0 aliphatic rings. The number of halogens is 1. The van der Waals surface area contributed by atoms with Crippen LogP contribution in [0.15, 0.2) is 49.1 Å². The fourth-order valence-corrected chi connectivity index (χ4v) is 3.54. The summed E-state index contributed by atoms with van der Waals surface area (Å²) in [5.41, 5.74) is 5.17. The zero-order chi connectivity index (χ0) is 19.6. The second kappa shape index (κ2) is 8.06. The lowest BCUT2D eigenvalue weighted by atomic mass is 10.1. The molecule has 3 rings (SSSR count). The molecule has 27 heavy (non-hydrogen) atoms. The molecule has 0 radical (unpaired) electrons. The highest BCUT2D eigenvalue weighted by atomic mass is 35.5. The first-order chi connectivity index (χ1) is 12.9. The van der Waals surface area contributed by atoms with E-state index in [4.69, 9.17) is 23.8 Å². The van der Waals surface area contributed by atoms with Gasteiger partial charge in [-0.1, -0.05) is 29.8 Å². The number of nitrogens with zero attached hydrogens (tertiary/aromatic N) is 4. The molecule has 1 aromatic heterocycles. The highest BCUT2D eigenvalue weighted by Crippen LogP contribution is 2.28. The van der Waals surface area contributed by atoms with Gasteiger partial charge in [-0.3, -0.25) is 0 Å². The fraction of sp³-hybridized carbons (Fsp3) is 0.250. The molecule has 2 aromatic carbocycles. The third-order valence-electron chi connectivity index (χ3n) is 4.62. The summed E-state index contributed by atoms with van der Waals surface area (Å²) in [5, 5.41) is 8.73. The van der Waals surface area contributed by atoms with E-state index >= 15 is 0 Å². The average Bonchev–Trinajstić information content (AvgIpc) is 3.18. The SMILES string of the molecule is Cc1cc(C)c(NC(=S)N(C)[C@H](C)c2ccc(-n3cncn3)cc2)c(Cl)c1. The van der Waals surface area contributed by atoms with Crippen molar-refractivity contribution in [1.82, 2.24) is 19.7 Å². The predicted octanol–water partition coefficient (Wildman–Crippen LogP) is 4.93. The third-order valence-corrected chi connectivity index (χ3v) is 5.31. The van der Waals surface area contributed by atoms with Crippen molar-refractivity contribution in [1.29, 1.82) is 0 Å². The quantitative estimate of drug-likeness (QED) is 0.630. The van der Waals surface area contributed by atoms with Crippen molar-refractivity contribution in [3.63, 3.8) is 0 Å². The smallest absolute Gasteiger partial charge is 0.173 e. The minimum Gasteiger partial charge on any atom is -0.345 e. The Morgan fingerprint density at radius 1 is 1.22 bits per heavy atom. The van der Waals surface area contributed by atoms with E-state index in [0.29, 0.717) is 10.1 Å². The topological polar surface area (TPSA) is 46.0 Å². The summed E-state index contributed by atoms with van der Waals surface area (Å²) in [6, 6.07) is 12.3. The van der Waals surface area contributed by atoms with Gasteiger partial charge >= 0.3 is 0 Å². The van der Waals surface area contributed by atoms with Crippen LogP contribution in [0.1, 0.15) is 29.7 Å². The highest BCUT2D eigenvalue weighted by molar-refractivity contribution is 7.80. The van der Waals surface area contributed by atoms with Gasteiger partial charge in [-0.2, -0.15) is 5.10 Å². The summed E-state index contributed by atoms with van der Waals surface area (Å²) in [7, 11) is 1.97. The van der Waals surface area contributed by atoms with E-state index in [1.165, 1.54) is 6.33 Å². The summed E-state index contributed by atoms with van der Waals surface area (Å²) < 4.78 is 1.73. The van der Waals surface area contributed by atoms with Gasteiger partial charge in [-0.25, -0.2) is 9.67 Å². The Labute approximate surface area is 170 Å². The van der Waals surface area contributed by atoms with Gasteiger partial charge < -0.3 is 10.2 Å². The van der Waals surface area contributed by atoms with E-state index in [-0.39, 0.29) is 6.04 Å². The van der Waals surface area contributed by atoms with Gasteiger partial charge in [-0.15, -0.1) is 0 Å². The Bertz CT molecular complexity index is 915. The number of hydrogen-bond acceptors (Lipinski definition) is 3. The van der Waals surface area contributed by atoms with Crippen LogP contribution in [-0.4, -0.2) is 31.8 Å². The number of aromatic nitrogens is 3. The molecule has 3 aromatic rings. The van der Waals surface area contributed by atoms with Crippen LogP contribution in [0.4, 0.5) is 5.69 Å². The second-order valence-corrected chi connectivity index (χ2v) is 7.38. The minimum absolute atomic E-state index is 0.0966. The summed E-state index contributed by atoms with van der Waals surface area (Å²) in [5.74, 6) is 0. The zero-order valence-electron chi connectivity index (χ0n) is 15.8. The summed E-state index contributed by atoms with van der Waals surface area (Å²) in [6.07, 6.45) is 3.20. The fourth-order valence-electron chi connectivity index (χ4n) is 2.92. The van der Waals surface area contributed by atoms with E-state index in [1.807, 2.05) is 44.0 Å². The Morgan fingerprint density at radius 2 is 1.93 bits per heavy atom. The van der Waals surface area contributed by atoms with Gasteiger partial charge in [0.2, 0.25) is 0 Å². The van der Waals surface area contributed by atoms with E-state index in [1.54, 1.807) is 11.0 Å². The number of thiocarbonyl (C=S) groups is 1. The second-order valence-electron chi connectivity index (χ2n) is 6.59. The van der Waals surface area contributed by atoms with Crippen LogP contribution in [0, 0.1) is 13.8 Å². The summed E-state index contributed by atoms with van der Waals surface area (Å²) >= 11 is 12.0. The number of nitrogens with one attached hydrogen (secondary N) is 1. The maximum atomic E-state index is 6.39. The molecule has 0 unspecified atom stereocenters. The van der Waals surface area contributed by atoms with E-state index < -0.39 is 0 Å². The third kappa shape index (κ3) is 4.28. The molecule has 140 valence electrons. The van der Waals surface area contributed by atoms with Crippen LogP contribution >= 0.6 is 23.8 Å². The first kappa shape index (κ1) is 19.3. The molecule has 0 bridgehead atoms. The van der Waals surface area contributed by atoms with E-state index in [9.17, 15) is 0 Å². The summed E-state index contributed by atoms with van der Waals surface area (Å²) in [6.45, 7) is 6.16. The van der Waals surface area contributed by atoms with Crippen LogP contribution in [0.5, 0.6) is 0 Å². The maximum absolute atomic E-state index is 6.39. The number of benzene rings is 2.